The second-order valence-corrected chi connectivity index (χ2v) is 25.0. The Morgan fingerprint density at radius 2 is 1.11 bits per heavy atom. The van der Waals surface area contributed by atoms with E-state index in [1.807, 2.05) is 159 Å². The maximum atomic E-state index is 9.06. The average molecular weight is 1120 g/mol. The van der Waals surface area contributed by atoms with Gasteiger partial charge in [0.1, 0.15) is 11.2 Å². The van der Waals surface area contributed by atoms with E-state index in [2.05, 4.69) is 77.7 Å². The summed E-state index contributed by atoms with van der Waals surface area (Å²) in [6, 6.07) is 53.3. The zero-order chi connectivity index (χ0) is 52.0. The number of aromatic nitrogens is 3. The molecule has 7 heteroatoms. The van der Waals surface area contributed by atoms with Crippen LogP contribution >= 0.6 is 0 Å². The second-order valence-electron chi connectivity index (χ2n) is 20.0. The van der Waals surface area contributed by atoms with Crippen LogP contribution in [0.3, 0.4) is 0 Å². The van der Waals surface area contributed by atoms with Crippen molar-refractivity contribution in [3.8, 4) is 39.5 Å². The normalized spacial score (nSPS) is 13.5. The number of pyridine rings is 1. The van der Waals surface area contributed by atoms with Crippen LogP contribution in [0.4, 0.5) is 0 Å². The van der Waals surface area contributed by atoms with E-state index >= 15 is 0 Å². The smallest absolute Gasteiger partial charge is 0.120 e. The van der Waals surface area contributed by atoms with Crippen molar-refractivity contribution >= 4 is 68.2 Å². The monoisotopic (exact) mass is 1120 g/mol. The van der Waals surface area contributed by atoms with E-state index in [0.29, 0.717) is 5.82 Å². The van der Waals surface area contributed by atoms with Crippen molar-refractivity contribution in [1.29, 1.82) is 0 Å². The van der Waals surface area contributed by atoms with Gasteiger partial charge >= 0.3 is 0 Å². The van der Waals surface area contributed by atoms with Crippen LogP contribution in [-0.2, 0) is 20.1 Å². The van der Waals surface area contributed by atoms with Crippen LogP contribution in [0.1, 0.15) is 107 Å². The first kappa shape index (κ1) is 43.6. The van der Waals surface area contributed by atoms with Gasteiger partial charge < -0.3 is 18.4 Å². The first-order valence-corrected chi connectivity index (χ1v) is 27.3. The fourth-order valence-corrected chi connectivity index (χ4v) is 10.8. The molecule has 0 amide bonds. The molecule has 70 heavy (non-hydrogen) atoms. The summed E-state index contributed by atoms with van der Waals surface area (Å²) < 4.78 is 50.6. The SMILES string of the molecule is [2H]C(C)(C)c1cccc(C([2H])(C)C)c1-c1ccnc(-c2[c-]ccc3c2oc2ccccc23)c1.[2H]C(C)(C)c1cccc(C([2H])(C)C)c1-n1c(-c2[c-]ccc3c2oc2cc([Si](C)(C)C)ccc23)nc2ccccc21.[Ir]. The molecule has 7 aromatic carbocycles. The molecule has 0 unspecified atom stereocenters. The number of para-hydroxylation sites is 4. The van der Waals surface area contributed by atoms with Crippen molar-refractivity contribution in [3.05, 3.63) is 180 Å². The van der Waals surface area contributed by atoms with Crippen molar-refractivity contribution in [2.75, 3.05) is 0 Å². The van der Waals surface area contributed by atoms with Gasteiger partial charge in [0.15, 0.2) is 0 Å². The number of fused-ring (bicyclic) bond motifs is 7. The van der Waals surface area contributed by atoms with Crippen LogP contribution in [0.5, 0.6) is 0 Å². The molecule has 0 bridgehead atoms. The largest absolute Gasteiger partial charge is 0.501 e. The Hall–Kier alpha value is -6.37. The summed E-state index contributed by atoms with van der Waals surface area (Å²) in [4.78, 5) is 9.79. The Morgan fingerprint density at radius 1 is 0.557 bits per heavy atom. The first-order chi connectivity index (χ1) is 34.4. The Bertz CT molecular complexity index is 3850. The zero-order valence-electron chi connectivity index (χ0n) is 45.8. The molecule has 0 atom stereocenters. The van der Waals surface area contributed by atoms with E-state index in [1.54, 1.807) is 6.20 Å². The van der Waals surface area contributed by atoms with Gasteiger partial charge in [-0.25, -0.2) is 0 Å². The third-order valence-electron chi connectivity index (χ3n) is 13.2. The van der Waals surface area contributed by atoms with Gasteiger partial charge in [-0.1, -0.05) is 187 Å². The summed E-state index contributed by atoms with van der Waals surface area (Å²) in [7, 11) is -1.52. The molecule has 0 fully saturated rings. The summed E-state index contributed by atoms with van der Waals surface area (Å²) >= 11 is 0. The summed E-state index contributed by atoms with van der Waals surface area (Å²) in [5.74, 6) is -2.74. The van der Waals surface area contributed by atoms with E-state index in [-0.39, 0.29) is 20.1 Å². The quantitative estimate of drug-likeness (QED) is 0.107. The Morgan fingerprint density at radius 3 is 1.76 bits per heavy atom. The number of benzene rings is 7. The van der Waals surface area contributed by atoms with Crippen LogP contribution in [0.2, 0.25) is 19.6 Å². The molecule has 1 radical (unpaired) electrons. The van der Waals surface area contributed by atoms with Gasteiger partial charge in [0.05, 0.1) is 36.1 Å². The molecule has 0 aliphatic carbocycles. The van der Waals surface area contributed by atoms with E-state index in [9.17, 15) is 0 Å². The van der Waals surface area contributed by atoms with Crippen molar-refractivity contribution in [2.45, 2.75) is 98.6 Å². The standard InChI is InChI=1S/C34H35N2OSi.C29H26NO.Ir/c1-21(2)24-12-10-13-25(22(3)4)32(24)36-30-17-9-8-16-29(30)35-34(36)28-15-11-14-27-26-19-18-23(38(5,6)7)20-31(26)37-33(27)28;1-18(2)21-10-7-11-22(19(3)4)28(21)20-15-16-30-26(17-20)25-13-8-12-24-23-9-5-6-14-27(23)31-29(24)25;/h8-14,16-22H,1-7H3;5-12,14-19H,1-4H3;/q2*-1;/i21D,22D;18D,19D;. The molecule has 11 rings (SSSR count). The number of hydrogen-bond acceptors (Lipinski definition) is 4. The van der Waals surface area contributed by atoms with Gasteiger partial charge in [0.25, 0.3) is 0 Å². The average Bonchev–Trinajstić information content (AvgIpc) is 4.04. The van der Waals surface area contributed by atoms with Crippen molar-refractivity contribution in [2.24, 2.45) is 0 Å². The third-order valence-corrected chi connectivity index (χ3v) is 15.2. The van der Waals surface area contributed by atoms with Gasteiger partial charge in [0.2, 0.25) is 0 Å². The predicted octanol–water partition coefficient (Wildman–Crippen LogP) is 17.5. The third kappa shape index (κ3) is 8.78. The van der Waals surface area contributed by atoms with Crippen LogP contribution in [0, 0.1) is 12.1 Å². The molecule has 0 aliphatic heterocycles. The van der Waals surface area contributed by atoms with E-state index in [0.717, 1.165) is 111 Å². The topological polar surface area (TPSA) is 57.0 Å². The molecule has 4 heterocycles. The van der Waals surface area contributed by atoms with Gasteiger partial charge in [-0.15, -0.1) is 36.4 Å². The maximum Gasteiger partial charge on any atom is 0.120 e. The fraction of sp³-hybridized carbons (Fsp3) is 0.238. The van der Waals surface area contributed by atoms with Crippen LogP contribution in [0.25, 0.3) is 94.4 Å². The van der Waals surface area contributed by atoms with Gasteiger partial charge in [-0.3, -0.25) is 4.98 Å². The minimum Gasteiger partial charge on any atom is -0.501 e. The second kappa shape index (κ2) is 19.4. The Labute approximate surface area is 433 Å². The molecule has 0 aliphatic rings. The molecule has 0 N–H and O–H groups in total. The molecule has 0 saturated heterocycles. The van der Waals surface area contributed by atoms with E-state index < -0.39 is 31.6 Å². The number of hydrogen-bond donors (Lipinski definition) is 0. The minimum absolute atomic E-state index is 0. The van der Waals surface area contributed by atoms with E-state index in [4.69, 9.17) is 19.3 Å². The first-order valence-electron chi connectivity index (χ1n) is 25.8. The van der Waals surface area contributed by atoms with Crippen LogP contribution in [0.15, 0.2) is 155 Å². The number of rotatable bonds is 9. The molecular formula is C63H61IrN3O2Si-2. The summed E-state index contributed by atoms with van der Waals surface area (Å²) in [6.07, 6.45) is 1.79. The predicted molar refractivity (Wildman–Crippen MR) is 293 cm³/mol. The van der Waals surface area contributed by atoms with Crippen LogP contribution < -0.4 is 5.19 Å². The minimum atomic E-state index is -1.52. The van der Waals surface area contributed by atoms with Gasteiger partial charge in [-0.2, -0.15) is 0 Å². The molecule has 0 spiro atoms. The van der Waals surface area contributed by atoms with Crippen LogP contribution in [-0.4, -0.2) is 22.6 Å². The number of furan rings is 2. The molecule has 4 aromatic heterocycles. The summed E-state index contributed by atoms with van der Waals surface area (Å²) in [5.41, 5.74) is 13.5. The summed E-state index contributed by atoms with van der Waals surface area (Å²) in [5, 5.41) is 5.56. The van der Waals surface area contributed by atoms with Gasteiger partial charge in [0, 0.05) is 48.2 Å². The Balaban J connectivity index is 0.000000183. The van der Waals surface area contributed by atoms with Crippen molar-refractivity contribution in [1.82, 2.24) is 14.5 Å². The summed E-state index contributed by atoms with van der Waals surface area (Å²) in [6.45, 7) is 22.2. The molecule has 11 aromatic rings. The zero-order valence-corrected chi connectivity index (χ0v) is 45.2. The molecular weight excluding hydrogens is 1050 g/mol. The maximum absolute atomic E-state index is 9.06. The van der Waals surface area contributed by atoms with E-state index in [1.165, 1.54) is 5.19 Å². The Kier molecular flexibility index (Phi) is 12.1. The number of nitrogens with zero attached hydrogens (tertiary/aromatic N) is 3. The molecule has 0 saturated carbocycles. The van der Waals surface area contributed by atoms with Gasteiger partial charge in [-0.05, 0) is 93.0 Å². The van der Waals surface area contributed by atoms with Crippen molar-refractivity contribution < 1.29 is 34.4 Å². The number of imidazole rings is 1. The fourth-order valence-electron chi connectivity index (χ4n) is 9.69. The molecule has 355 valence electrons. The van der Waals surface area contributed by atoms with Crippen molar-refractivity contribution in [3.63, 3.8) is 0 Å². The molecule has 5 nitrogen and oxygen atoms in total.